The van der Waals surface area contributed by atoms with E-state index in [9.17, 15) is 0 Å². The van der Waals surface area contributed by atoms with Crippen LogP contribution in [0.25, 0.3) is 0 Å². The third-order valence-corrected chi connectivity index (χ3v) is 2.93. The van der Waals surface area contributed by atoms with Crippen LogP contribution in [0, 0.1) is 0 Å². The maximum atomic E-state index is 5.85. The standard InChI is InChI=1S/C16H25NO/c1-4-7-13-10-14(8-5-2)16(18-9-6-3)15(11-13)12-17/h6,10-11H,3-5,7-9,12,17H2,1-2H3. The maximum Gasteiger partial charge on any atom is 0.127 e. The van der Waals surface area contributed by atoms with Crippen molar-refractivity contribution in [1.29, 1.82) is 0 Å². The summed E-state index contributed by atoms with van der Waals surface area (Å²) in [7, 11) is 0. The van der Waals surface area contributed by atoms with Crippen LogP contribution in [0.4, 0.5) is 0 Å². The minimum Gasteiger partial charge on any atom is -0.489 e. The summed E-state index contributed by atoms with van der Waals surface area (Å²) >= 11 is 0. The van der Waals surface area contributed by atoms with Gasteiger partial charge in [-0.05, 0) is 24.0 Å². The van der Waals surface area contributed by atoms with E-state index >= 15 is 0 Å². The molecule has 0 fully saturated rings. The van der Waals surface area contributed by atoms with Crippen molar-refractivity contribution in [3.8, 4) is 5.75 Å². The normalized spacial score (nSPS) is 10.4. The van der Waals surface area contributed by atoms with Crippen LogP contribution in [0.1, 0.15) is 43.4 Å². The van der Waals surface area contributed by atoms with Gasteiger partial charge in [-0.25, -0.2) is 0 Å². The summed E-state index contributed by atoms with van der Waals surface area (Å²) < 4.78 is 5.80. The van der Waals surface area contributed by atoms with Crippen molar-refractivity contribution in [3.63, 3.8) is 0 Å². The molecule has 0 saturated carbocycles. The smallest absolute Gasteiger partial charge is 0.127 e. The molecule has 1 rings (SSSR count). The highest BCUT2D eigenvalue weighted by Gasteiger charge is 2.10. The van der Waals surface area contributed by atoms with E-state index in [0.717, 1.165) is 37.0 Å². The van der Waals surface area contributed by atoms with E-state index in [1.807, 2.05) is 0 Å². The Hall–Kier alpha value is -1.28. The summed E-state index contributed by atoms with van der Waals surface area (Å²) in [5.74, 6) is 0.971. The van der Waals surface area contributed by atoms with Crippen molar-refractivity contribution in [2.45, 2.75) is 46.1 Å². The molecule has 0 unspecified atom stereocenters. The van der Waals surface area contributed by atoms with E-state index in [-0.39, 0.29) is 0 Å². The van der Waals surface area contributed by atoms with Crippen molar-refractivity contribution in [2.75, 3.05) is 6.61 Å². The molecule has 100 valence electrons. The average Bonchev–Trinajstić information content (AvgIpc) is 2.37. The summed E-state index contributed by atoms with van der Waals surface area (Å²) in [6.45, 7) is 9.15. The Kier molecular flexibility index (Phi) is 6.51. The highest BCUT2D eigenvalue weighted by molar-refractivity contribution is 5.45. The van der Waals surface area contributed by atoms with E-state index in [1.165, 1.54) is 11.1 Å². The second-order valence-corrected chi connectivity index (χ2v) is 4.55. The molecule has 2 heteroatoms. The third-order valence-electron chi connectivity index (χ3n) is 2.93. The molecule has 0 radical (unpaired) electrons. The predicted molar refractivity (Wildman–Crippen MR) is 78.0 cm³/mol. The number of ether oxygens (including phenoxy) is 1. The van der Waals surface area contributed by atoms with Gasteiger partial charge in [-0.2, -0.15) is 0 Å². The SMILES string of the molecule is C=CCOc1c(CN)cc(CCC)cc1CCC. The lowest BCUT2D eigenvalue weighted by Gasteiger charge is -2.16. The lowest BCUT2D eigenvalue weighted by molar-refractivity contribution is 0.354. The zero-order valence-corrected chi connectivity index (χ0v) is 11.7. The zero-order valence-electron chi connectivity index (χ0n) is 11.7. The first kappa shape index (κ1) is 14.8. The van der Waals surface area contributed by atoms with Crippen LogP contribution in [0.2, 0.25) is 0 Å². The van der Waals surface area contributed by atoms with Crippen LogP contribution in [0.15, 0.2) is 24.8 Å². The number of aryl methyl sites for hydroxylation is 2. The maximum absolute atomic E-state index is 5.85. The number of hydrogen-bond acceptors (Lipinski definition) is 2. The zero-order chi connectivity index (χ0) is 13.4. The quantitative estimate of drug-likeness (QED) is 0.712. The van der Waals surface area contributed by atoms with Crippen molar-refractivity contribution in [2.24, 2.45) is 5.73 Å². The minimum absolute atomic E-state index is 0.529. The first-order valence-corrected chi connectivity index (χ1v) is 6.85. The van der Waals surface area contributed by atoms with Crippen LogP contribution in [0.5, 0.6) is 5.75 Å². The molecule has 0 amide bonds. The van der Waals surface area contributed by atoms with Crippen LogP contribution in [0.3, 0.4) is 0 Å². The Labute approximate surface area is 111 Å². The Bertz CT molecular complexity index is 385. The molecule has 0 aliphatic heterocycles. The molecular formula is C16H25NO. The third kappa shape index (κ3) is 3.88. The molecule has 1 aromatic rings. The molecule has 0 spiro atoms. The largest absolute Gasteiger partial charge is 0.489 e. The molecule has 0 aliphatic rings. The topological polar surface area (TPSA) is 35.2 Å². The molecule has 0 aromatic heterocycles. The van der Waals surface area contributed by atoms with Crippen molar-refractivity contribution < 1.29 is 4.74 Å². The summed E-state index contributed by atoms with van der Waals surface area (Å²) in [5.41, 5.74) is 9.61. The molecule has 0 atom stereocenters. The van der Waals surface area contributed by atoms with Gasteiger partial charge in [0.2, 0.25) is 0 Å². The molecule has 18 heavy (non-hydrogen) atoms. The van der Waals surface area contributed by atoms with Gasteiger partial charge >= 0.3 is 0 Å². The summed E-state index contributed by atoms with van der Waals surface area (Å²) in [6, 6.07) is 4.45. The molecule has 1 aromatic carbocycles. The fourth-order valence-corrected chi connectivity index (χ4v) is 2.19. The lowest BCUT2D eigenvalue weighted by atomic mass is 9.98. The van der Waals surface area contributed by atoms with Gasteiger partial charge in [-0.15, -0.1) is 0 Å². The molecule has 0 heterocycles. The first-order valence-electron chi connectivity index (χ1n) is 6.85. The summed E-state index contributed by atoms with van der Waals surface area (Å²) in [6.07, 6.45) is 6.19. The summed E-state index contributed by atoms with van der Waals surface area (Å²) in [5, 5.41) is 0. The van der Waals surface area contributed by atoms with E-state index in [2.05, 4.69) is 32.6 Å². The minimum atomic E-state index is 0.529. The van der Waals surface area contributed by atoms with E-state index < -0.39 is 0 Å². The highest BCUT2D eigenvalue weighted by atomic mass is 16.5. The van der Waals surface area contributed by atoms with Crippen LogP contribution >= 0.6 is 0 Å². The van der Waals surface area contributed by atoms with Crippen molar-refractivity contribution in [3.05, 3.63) is 41.5 Å². The Morgan fingerprint density at radius 2 is 1.83 bits per heavy atom. The van der Waals surface area contributed by atoms with Crippen molar-refractivity contribution >= 4 is 0 Å². The van der Waals surface area contributed by atoms with E-state index in [0.29, 0.717) is 13.2 Å². The van der Waals surface area contributed by atoms with Crippen LogP contribution < -0.4 is 10.5 Å². The molecule has 0 bridgehead atoms. The monoisotopic (exact) mass is 247 g/mol. The fraction of sp³-hybridized carbons (Fsp3) is 0.500. The molecule has 2 nitrogen and oxygen atoms in total. The first-order chi connectivity index (χ1) is 8.76. The fourth-order valence-electron chi connectivity index (χ4n) is 2.19. The van der Waals surface area contributed by atoms with Gasteiger partial charge in [-0.1, -0.05) is 51.5 Å². The van der Waals surface area contributed by atoms with Crippen molar-refractivity contribution in [1.82, 2.24) is 0 Å². The Morgan fingerprint density at radius 3 is 2.39 bits per heavy atom. The molecule has 0 saturated heterocycles. The van der Waals surface area contributed by atoms with Crippen LogP contribution in [-0.4, -0.2) is 6.61 Å². The predicted octanol–water partition coefficient (Wildman–Crippen LogP) is 3.62. The second-order valence-electron chi connectivity index (χ2n) is 4.55. The van der Waals surface area contributed by atoms with Gasteiger partial charge in [0, 0.05) is 12.1 Å². The van der Waals surface area contributed by atoms with Gasteiger partial charge in [0.05, 0.1) is 0 Å². The Morgan fingerprint density at radius 1 is 1.17 bits per heavy atom. The lowest BCUT2D eigenvalue weighted by Crippen LogP contribution is -2.07. The summed E-state index contributed by atoms with van der Waals surface area (Å²) in [4.78, 5) is 0. The Balaban J connectivity index is 3.12. The molecule has 0 aliphatic carbocycles. The number of hydrogen-bond donors (Lipinski definition) is 1. The van der Waals surface area contributed by atoms with Gasteiger partial charge in [0.25, 0.3) is 0 Å². The second kappa shape index (κ2) is 7.93. The average molecular weight is 247 g/mol. The van der Waals surface area contributed by atoms with Gasteiger partial charge in [-0.3, -0.25) is 0 Å². The highest BCUT2D eigenvalue weighted by Crippen LogP contribution is 2.28. The van der Waals surface area contributed by atoms with Gasteiger partial charge in [0.1, 0.15) is 12.4 Å². The molecular weight excluding hydrogens is 222 g/mol. The van der Waals surface area contributed by atoms with Gasteiger partial charge in [0.15, 0.2) is 0 Å². The molecule has 2 N–H and O–H groups in total. The van der Waals surface area contributed by atoms with E-state index in [1.54, 1.807) is 6.08 Å². The number of benzene rings is 1. The van der Waals surface area contributed by atoms with Crippen LogP contribution in [-0.2, 0) is 19.4 Å². The van der Waals surface area contributed by atoms with E-state index in [4.69, 9.17) is 10.5 Å². The number of nitrogens with two attached hydrogens (primary N) is 1. The number of rotatable bonds is 8. The van der Waals surface area contributed by atoms with Gasteiger partial charge < -0.3 is 10.5 Å².